The molecule has 5 amide bonds. The van der Waals surface area contributed by atoms with Crippen LogP contribution in [0.5, 0.6) is 0 Å². The number of hydrogen-bond donors (Lipinski definition) is 2. The van der Waals surface area contributed by atoms with Crippen molar-refractivity contribution < 1.29 is 24.0 Å². The molecule has 4 aliphatic heterocycles. The average molecular weight is 479 g/mol. The molecule has 0 aromatic heterocycles. The lowest BCUT2D eigenvalue weighted by atomic mass is 9.65. The van der Waals surface area contributed by atoms with Crippen LogP contribution in [0.15, 0.2) is 12.1 Å². The molecule has 1 spiro atoms. The van der Waals surface area contributed by atoms with Gasteiger partial charge in [0.2, 0.25) is 17.7 Å². The predicted molar refractivity (Wildman–Crippen MR) is 124 cm³/mol. The molecule has 0 radical (unpaired) electrons. The van der Waals surface area contributed by atoms with E-state index >= 15 is 0 Å². The highest BCUT2D eigenvalue weighted by Crippen LogP contribution is 2.46. The number of amides is 5. The molecule has 5 aliphatic rings. The van der Waals surface area contributed by atoms with Gasteiger partial charge in [-0.15, -0.1) is 0 Å². The first-order valence-corrected chi connectivity index (χ1v) is 12.7. The van der Waals surface area contributed by atoms with Crippen LogP contribution in [0.1, 0.15) is 83.2 Å². The lowest BCUT2D eigenvalue weighted by Gasteiger charge is -2.43. The number of rotatable bonds is 2. The zero-order chi connectivity index (χ0) is 24.3. The Morgan fingerprint density at radius 1 is 0.857 bits per heavy atom. The van der Waals surface area contributed by atoms with Gasteiger partial charge in [-0.3, -0.25) is 34.2 Å². The third-order valence-corrected chi connectivity index (χ3v) is 8.85. The van der Waals surface area contributed by atoms with Gasteiger partial charge in [0, 0.05) is 25.4 Å². The van der Waals surface area contributed by atoms with Crippen LogP contribution >= 0.6 is 0 Å². The molecular formula is C26H30N4O5. The Morgan fingerprint density at radius 3 is 2.03 bits per heavy atom. The van der Waals surface area contributed by atoms with E-state index < -0.39 is 29.7 Å². The van der Waals surface area contributed by atoms with Crippen molar-refractivity contribution in [3.05, 3.63) is 34.4 Å². The van der Waals surface area contributed by atoms with Gasteiger partial charge in [0.1, 0.15) is 6.04 Å². The summed E-state index contributed by atoms with van der Waals surface area (Å²) in [5.74, 6) is -1.80. The number of piperidine rings is 2. The molecule has 0 bridgehead atoms. The first-order valence-electron chi connectivity index (χ1n) is 12.7. The highest BCUT2D eigenvalue weighted by molar-refractivity contribution is 6.23. The quantitative estimate of drug-likeness (QED) is 0.623. The van der Waals surface area contributed by atoms with Crippen molar-refractivity contribution in [3.63, 3.8) is 0 Å². The molecule has 2 saturated heterocycles. The lowest BCUT2D eigenvalue weighted by molar-refractivity contribution is -0.138. The third kappa shape index (κ3) is 3.67. The van der Waals surface area contributed by atoms with Gasteiger partial charge in [0.25, 0.3) is 11.8 Å². The molecule has 1 atom stereocenters. The Balaban J connectivity index is 1.15. The minimum absolute atomic E-state index is 0.0444. The molecule has 3 fully saturated rings. The van der Waals surface area contributed by atoms with Crippen LogP contribution in [0.2, 0.25) is 0 Å². The normalized spacial score (nSPS) is 26.2. The zero-order valence-corrected chi connectivity index (χ0v) is 19.7. The van der Waals surface area contributed by atoms with E-state index in [4.69, 9.17) is 0 Å². The minimum atomic E-state index is -0.970. The van der Waals surface area contributed by atoms with E-state index in [2.05, 4.69) is 10.6 Å². The molecule has 9 heteroatoms. The second-order valence-corrected chi connectivity index (χ2v) is 10.8. The Hall–Kier alpha value is -3.07. The maximum Gasteiger partial charge on any atom is 0.262 e. The molecule has 1 unspecified atom stereocenters. The van der Waals surface area contributed by atoms with E-state index in [-0.39, 0.29) is 35.8 Å². The highest BCUT2D eigenvalue weighted by atomic mass is 16.2. The fourth-order valence-corrected chi connectivity index (χ4v) is 6.72. The number of fused-ring (bicyclic) bond motifs is 2. The fraction of sp³-hybridized carbons (Fsp3) is 0.577. The van der Waals surface area contributed by atoms with Crippen LogP contribution in [0, 0.1) is 11.3 Å². The summed E-state index contributed by atoms with van der Waals surface area (Å²) < 4.78 is 0. The number of carbonyl (C=O) groups is 5. The Labute approximate surface area is 203 Å². The summed E-state index contributed by atoms with van der Waals surface area (Å²) >= 11 is 0. The van der Waals surface area contributed by atoms with E-state index in [1.807, 2.05) is 4.90 Å². The number of nitrogens with zero attached hydrogens (tertiary/aromatic N) is 2. The molecule has 1 saturated carbocycles. The van der Waals surface area contributed by atoms with Crippen LogP contribution in [-0.2, 0) is 27.5 Å². The summed E-state index contributed by atoms with van der Waals surface area (Å²) in [4.78, 5) is 66.1. The summed E-state index contributed by atoms with van der Waals surface area (Å²) in [6, 6.07) is 2.46. The van der Waals surface area contributed by atoms with Gasteiger partial charge >= 0.3 is 0 Å². The van der Waals surface area contributed by atoms with Crippen LogP contribution < -0.4 is 10.6 Å². The van der Waals surface area contributed by atoms with Crippen molar-refractivity contribution in [2.75, 3.05) is 13.1 Å². The van der Waals surface area contributed by atoms with Gasteiger partial charge in [0.15, 0.2) is 0 Å². The molecule has 1 aromatic rings. The summed E-state index contributed by atoms with van der Waals surface area (Å²) in [5.41, 5.74) is 2.73. The van der Waals surface area contributed by atoms with E-state index in [0.717, 1.165) is 54.8 Å². The molecular weight excluding hydrogens is 448 g/mol. The van der Waals surface area contributed by atoms with E-state index in [1.165, 1.54) is 12.8 Å². The number of imide groups is 2. The largest absolute Gasteiger partial charge is 0.334 e. The van der Waals surface area contributed by atoms with Gasteiger partial charge in [-0.2, -0.15) is 0 Å². The van der Waals surface area contributed by atoms with Crippen molar-refractivity contribution in [2.45, 2.75) is 70.5 Å². The maximum atomic E-state index is 13.3. The Bertz CT molecular complexity index is 1100. The Kier molecular flexibility index (Phi) is 5.28. The highest BCUT2D eigenvalue weighted by Gasteiger charge is 2.46. The van der Waals surface area contributed by atoms with Gasteiger partial charge < -0.3 is 10.2 Å². The van der Waals surface area contributed by atoms with Crippen molar-refractivity contribution in [2.24, 2.45) is 11.3 Å². The standard InChI is InChI=1S/C26H30N4O5/c31-21-2-1-20(22(32)28-21)30-24(34)18-11-16-13-29(14-17(16)12-19(18)25(30)35)23(33)15-3-5-26(6-4-15)7-9-27-10-8-26/h11-12,15,20,27H,1-10,13-14H2,(H,28,31,32). The van der Waals surface area contributed by atoms with Crippen molar-refractivity contribution >= 4 is 29.5 Å². The summed E-state index contributed by atoms with van der Waals surface area (Å²) in [5, 5.41) is 5.65. The van der Waals surface area contributed by atoms with Gasteiger partial charge in [-0.25, -0.2) is 0 Å². The summed E-state index contributed by atoms with van der Waals surface area (Å²) in [7, 11) is 0. The lowest BCUT2D eigenvalue weighted by Crippen LogP contribution is -2.54. The Morgan fingerprint density at radius 2 is 1.46 bits per heavy atom. The molecule has 9 nitrogen and oxygen atoms in total. The van der Waals surface area contributed by atoms with E-state index in [0.29, 0.717) is 18.5 Å². The molecule has 1 aliphatic carbocycles. The maximum absolute atomic E-state index is 13.3. The van der Waals surface area contributed by atoms with Crippen LogP contribution in [-0.4, -0.2) is 58.5 Å². The number of benzene rings is 1. The van der Waals surface area contributed by atoms with E-state index in [9.17, 15) is 24.0 Å². The van der Waals surface area contributed by atoms with Crippen molar-refractivity contribution in [1.82, 2.24) is 20.4 Å². The molecule has 1 aromatic carbocycles. The zero-order valence-electron chi connectivity index (χ0n) is 19.7. The molecule has 2 N–H and O–H groups in total. The van der Waals surface area contributed by atoms with Crippen LogP contribution in [0.4, 0.5) is 0 Å². The number of hydrogen-bond acceptors (Lipinski definition) is 6. The number of carbonyl (C=O) groups excluding carboxylic acids is 5. The predicted octanol–water partition coefficient (Wildman–Crippen LogP) is 1.49. The topological polar surface area (TPSA) is 116 Å². The van der Waals surface area contributed by atoms with Gasteiger partial charge in [0.05, 0.1) is 11.1 Å². The minimum Gasteiger partial charge on any atom is -0.334 e. The fourth-order valence-electron chi connectivity index (χ4n) is 6.72. The third-order valence-electron chi connectivity index (χ3n) is 8.85. The second kappa shape index (κ2) is 8.26. The first-order chi connectivity index (χ1) is 16.8. The molecule has 184 valence electrons. The summed E-state index contributed by atoms with van der Waals surface area (Å²) in [6.07, 6.45) is 6.71. The monoisotopic (exact) mass is 478 g/mol. The average Bonchev–Trinajstić information content (AvgIpc) is 3.37. The van der Waals surface area contributed by atoms with Crippen LogP contribution in [0.25, 0.3) is 0 Å². The van der Waals surface area contributed by atoms with Crippen LogP contribution in [0.3, 0.4) is 0 Å². The number of nitrogens with one attached hydrogen (secondary N) is 2. The second-order valence-electron chi connectivity index (χ2n) is 10.8. The smallest absolute Gasteiger partial charge is 0.262 e. The SMILES string of the molecule is O=C1CCC(N2C(=O)c3cc4c(cc3C2=O)CN(C(=O)C2CCC3(CCNCC3)CC2)C4)C(=O)N1. The van der Waals surface area contributed by atoms with E-state index in [1.54, 1.807) is 12.1 Å². The van der Waals surface area contributed by atoms with Crippen molar-refractivity contribution in [1.29, 1.82) is 0 Å². The van der Waals surface area contributed by atoms with Gasteiger partial charge in [-0.1, -0.05) is 0 Å². The molecule has 6 rings (SSSR count). The summed E-state index contributed by atoms with van der Waals surface area (Å²) in [6.45, 7) is 3.02. The van der Waals surface area contributed by atoms with Gasteiger partial charge in [-0.05, 0) is 86.7 Å². The first kappa shape index (κ1) is 22.4. The van der Waals surface area contributed by atoms with Crippen molar-refractivity contribution in [3.8, 4) is 0 Å². The molecule has 35 heavy (non-hydrogen) atoms. The molecule has 4 heterocycles.